The first kappa shape index (κ1) is 35.2. The zero-order chi connectivity index (χ0) is 41.4. The van der Waals surface area contributed by atoms with Crippen molar-refractivity contribution in [3.8, 4) is 56.7 Å². The number of nitrogens with zero attached hydrogens (tertiary/aromatic N) is 6. The quantitative estimate of drug-likeness (QED) is 0.162. The van der Waals surface area contributed by atoms with Gasteiger partial charge >= 0.3 is 0 Å². The third-order valence-electron chi connectivity index (χ3n) is 12.5. The first-order valence-electron chi connectivity index (χ1n) is 21.2. The molecule has 0 saturated heterocycles. The van der Waals surface area contributed by atoms with Crippen LogP contribution in [0.3, 0.4) is 0 Å². The van der Waals surface area contributed by atoms with Crippen LogP contribution in [0.15, 0.2) is 207 Å². The van der Waals surface area contributed by atoms with Crippen LogP contribution in [0, 0.1) is 0 Å². The summed E-state index contributed by atoms with van der Waals surface area (Å²) in [6.07, 6.45) is 5.64. The highest BCUT2D eigenvalue weighted by molar-refractivity contribution is 6.15. The summed E-state index contributed by atoms with van der Waals surface area (Å²) in [6.45, 7) is 0. The van der Waals surface area contributed by atoms with Crippen molar-refractivity contribution in [3.05, 3.63) is 207 Å². The van der Waals surface area contributed by atoms with E-state index in [2.05, 4.69) is 197 Å². The second-order valence-electron chi connectivity index (χ2n) is 16.1. The van der Waals surface area contributed by atoms with E-state index in [1.165, 1.54) is 21.5 Å². The number of aromatic nitrogens is 6. The Balaban J connectivity index is 1.08. The van der Waals surface area contributed by atoms with Crippen molar-refractivity contribution >= 4 is 70.3 Å². The van der Waals surface area contributed by atoms with Gasteiger partial charge < -0.3 is 0 Å². The van der Waals surface area contributed by atoms with E-state index in [1.54, 1.807) is 0 Å². The number of rotatable bonds is 5. The summed E-state index contributed by atoms with van der Waals surface area (Å²) in [7, 11) is 0. The molecule has 0 bridgehead atoms. The maximum atomic E-state index is 5.43. The Kier molecular flexibility index (Phi) is 7.80. The second-order valence-corrected chi connectivity index (χ2v) is 16.1. The molecule has 0 aliphatic carbocycles. The van der Waals surface area contributed by atoms with E-state index in [0.29, 0.717) is 17.5 Å². The van der Waals surface area contributed by atoms with Gasteiger partial charge in [-0.1, -0.05) is 164 Å². The second kappa shape index (κ2) is 14.0. The molecule has 0 fully saturated rings. The van der Waals surface area contributed by atoms with Gasteiger partial charge in [0.1, 0.15) is 0 Å². The molecule has 292 valence electrons. The lowest BCUT2D eigenvalue weighted by molar-refractivity contribution is 1.08. The van der Waals surface area contributed by atoms with E-state index < -0.39 is 0 Å². The Morgan fingerprint density at radius 3 is 1.40 bits per heavy atom. The molecule has 6 heteroatoms. The van der Waals surface area contributed by atoms with Crippen LogP contribution in [-0.4, -0.2) is 29.3 Å². The molecule has 13 rings (SSSR count). The van der Waals surface area contributed by atoms with Gasteiger partial charge in [0.05, 0.1) is 17.6 Å². The minimum atomic E-state index is 0.598. The predicted octanol–water partition coefficient (Wildman–Crippen LogP) is 14.2. The summed E-state index contributed by atoms with van der Waals surface area (Å²) in [6, 6.07) is 66.6. The average molecular weight is 803 g/mol. The van der Waals surface area contributed by atoms with Crippen LogP contribution >= 0.6 is 0 Å². The Morgan fingerprint density at radius 2 is 0.794 bits per heavy atom. The Hall–Kier alpha value is -8.61. The maximum absolute atomic E-state index is 5.43. The lowest BCUT2D eigenvalue weighted by Crippen LogP contribution is -2.02. The van der Waals surface area contributed by atoms with Gasteiger partial charge in [-0.2, -0.15) is 0 Å². The van der Waals surface area contributed by atoms with Crippen LogP contribution in [0.25, 0.3) is 127 Å². The molecule has 0 spiro atoms. The number of hydrogen-bond acceptors (Lipinski definition) is 5. The smallest absolute Gasteiger partial charge is 0.164 e. The summed E-state index contributed by atoms with van der Waals surface area (Å²) < 4.78 is 2.14. The fraction of sp³-hybridized carbons (Fsp3) is 0. The van der Waals surface area contributed by atoms with Gasteiger partial charge in [0.2, 0.25) is 0 Å². The van der Waals surface area contributed by atoms with Crippen LogP contribution in [-0.2, 0) is 0 Å². The van der Waals surface area contributed by atoms with Crippen LogP contribution in [0.1, 0.15) is 0 Å². The van der Waals surface area contributed by atoms with Crippen molar-refractivity contribution < 1.29 is 0 Å². The number of hydrogen-bond donors (Lipinski definition) is 0. The first-order chi connectivity index (χ1) is 31.2. The van der Waals surface area contributed by atoms with Crippen molar-refractivity contribution in [3.63, 3.8) is 0 Å². The van der Waals surface area contributed by atoms with Crippen LogP contribution in [0.2, 0.25) is 0 Å². The van der Waals surface area contributed by atoms with Crippen molar-refractivity contribution in [1.29, 1.82) is 0 Å². The minimum Gasteiger partial charge on any atom is -0.296 e. The Morgan fingerprint density at radius 1 is 0.333 bits per heavy atom. The highest BCUT2D eigenvalue weighted by Gasteiger charge is 2.23. The van der Waals surface area contributed by atoms with E-state index in [-0.39, 0.29) is 0 Å². The summed E-state index contributed by atoms with van der Waals surface area (Å²) in [4.78, 5) is 26.0. The Bertz CT molecular complexity index is 3860. The molecule has 0 amide bonds. The third kappa shape index (κ3) is 5.62. The van der Waals surface area contributed by atoms with Gasteiger partial charge in [0.15, 0.2) is 23.1 Å². The SMILES string of the molecule is c1ccc2cc(-c3c(-c4ccc(-c5nc(-c6cc7ccccc7c7ccccc67)nc(-c6cc7ccccc7c7ccccc67)n5)c5ccccc45)nc4cnccn34)ccc2c1. The molecule has 0 aliphatic heterocycles. The molecular weight excluding hydrogens is 769 g/mol. The lowest BCUT2D eigenvalue weighted by Gasteiger charge is -2.15. The highest BCUT2D eigenvalue weighted by Crippen LogP contribution is 2.42. The van der Waals surface area contributed by atoms with E-state index in [9.17, 15) is 0 Å². The van der Waals surface area contributed by atoms with Crippen molar-refractivity contribution in [2.45, 2.75) is 0 Å². The largest absolute Gasteiger partial charge is 0.296 e. The molecule has 0 atom stereocenters. The van der Waals surface area contributed by atoms with E-state index in [4.69, 9.17) is 19.9 Å². The molecule has 10 aromatic carbocycles. The summed E-state index contributed by atoms with van der Waals surface area (Å²) in [5, 5.41) is 13.6. The van der Waals surface area contributed by atoms with E-state index >= 15 is 0 Å². The highest BCUT2D eigenvalue weighted by atomic mass is 15.0. The fourth-order valence-corrected chi connectivity index (χ4v) is 9.62. The lowest BCUT2D eigenvalue weighted by atomic mass is 9.94. The predicted molar refractivity (Wildman–Crippen MR) is 259 cm³/mol. The van der Waals surface area contributed by atoms with E-state index in [1.807, 2.05) is 18.6 Å². The summed E-state index contributed by atoms with van der Waals surface area (Å²) >= 11 is 0. The molecule has 0 saturated carbocycles. The van der Waals surface area contributed by atoms with Gasteiger partial charge in [-0.05, 0) is 88.9 Å². The van der Waals surface area contributed by atoms with Gasteiger partial charge in [0, 0.05) is 40.2 Å². The van der Waals surface area contributed by atoms with Gasteiger partial charge in [-0.15, -0.1) is 0 Å². The molecule has 3 aromatic heterocycles. The van der Waals surface area contributed by atoms with Crippen molar-refractivity contribution in [1.82, 2.24) is 29.3 Å². The average Bonchev–Trinajstić information content (AvgIpc) is 3.74. The topological polar surface area (TPSA) is 68.9 Å². The van der Waals surface area contributed by atoms with Crippen LogP contribution < -0.4 is 0 Å². The number of fused-ring (bicyclic) bond motifs is 9. The molecule has 0 N–H and O–H groups in total. The molecule has 0 unspecified atom stereocenters. The standard InChI is InChI=1S/C57H34N6/c1-2-14-36-31-39(26-25-35(36)13-1)54-53(59-52-34-58-29-30-63(52)54)48-27-28-49(45-22-10-9-21-44(45)48)55-60-56(50-32-37-15-3-5-17-40(37)42-19-7-11-23-46(42)50)62-57(61-55)51-33-38-16-4-6-18-41(38)43-20-8-12-24-47(43)51/h1-34H. The molecule has 13 aromatic rings. The fourth-order valence-electron chi connectivity index (χ4n) is 9.62. The van der Waals surface area contributed by atoms with Crippen LogP contribution in [0.5, 0.6) is 0 Å². The summed E-state index contributed by atoms with van der Waals surface area (Å²) in [5.74, 6) is 1.84. The van der Waals surface area contributed by atoms with Gasteiger partial charge in [-0.25, -0.2) is 19.9 Å². The molecule has 0 radical (unpaired) electrons. The van der Waals surface area contributed by atoms with Crippen molar-refractivity contribution in [2.75, 3.05) is 0 Å². The molecule has 0 aliphatic rings. The van der Waals surface area contributed by atoms with Gasteiger partial charge in [0.25, 0.3) is 0 Å². The monoisotopic (exact) mass is 802 g/mol. The van der Waals surface area contributed by atoms with Crippen LogP contribution in [0.4, 0.5) is 0 Å². The minimum absolute atomic E-state index is 0.598. The van der Waals surface area contributed by atoms with Gasteiger partial charge in [-0.3, -0.25) is 9.38 Å². The zero-order valence-electron chi connectivity index (χ0n) is 33.8. The summed E-state index contributed by atoms with van der Waals surface area (Å²) in [5.41, 5.74) is 7.57. The molecular formula is C57H34N6. The molecule has 3 heterocycles. The number of imidazole rings is 1. The third-order valence-corrected chi connectivity index (χ3v) is 12.5. The number of benzene rings is 10. The maximum Gasteiger partial charge on any atom is 0.164 e. The van der Waals surface area contributed by atoms with Crippen molar-refractivity contribution in [2.24, 2.45) is 0 Å². The first-order valence-corrected chi connectivity index (χ1v) is 21.2. The van der Waals surface area contributed by atoms with E-state index in [0.717, 1.165) is 87.9 Å². The Labute approximate surface area is 361 Å². The molecule has 6 nitrogen and oxygen atoms in total. The molecule has 63 heavy (non-hydrogen) atoms. The normalized spacial score (nSPS) is 11.8. The zero-order valence-corrected chi connectivity index (χ0v) is 33.8.